The van der Waals surface area contributed by atoms with Gasteiger partial charge in [-0.1, -0.05) is 43.2 Å². The standard InChI is InChI=1S/C31H41N3O5/c1-9-21(5)34(27(28(36)32-20(3)4)25-14-12-11-13-23(25)10-2)29(37)26(33-30(38)39-31(6,7)8)19-22-15-17-24(35)18-16-22/h2,11-18,20-21,26-27,35H,9,19H2,1,3-8H3,(H,32,36)(H,33,38). The second-order valence-corrected chi connectivity index (χ2v) is 10.9. The van der Waals surface area contributed by atoms with Gasteiger partial charge >= 0.3 is 6.09 Å². The third kappa shape index (κ3) is 9.06. The Balaban J connectivity index is 2.64. The minimum absolute atomic E-state index is 0.0827. The molecule has 0 heterocycles. The van der Waals surface area contributed by atoms with Gasteiger partial charge in [0.25, 0.3) is 0 Å². The lowest BCUT2D eigenvalue weighted by Gasteiger charge is -2.39. The fourth-order valence-corrected chi connectivity index (χ4v) is 4.14. The van der Waals surface area contributed by atoms with Crippen molar-refractivity contribution in [3.05, 3.63) is 65.2 Å². The molecule has 0 saturated heterocycles. The van der Waals surface area contributed by atoms with Crippen LogP contribution < -0.4 is 10.6 Å². The van der Waals surface area contributed by atoms with Crippen molar-refractivity contribution in [2.45, 2.75) is 91.1 Å². The summed E-state index contributed by atoms with van der Waals surface area (Å²) < 4.78 is 5.46. The molecule has 2 aromatic rings. The maximum atomic E-state index is 14.4. The van der Waals surface area contributed by atoms with Gasteiger partial charge in [0.2, 0.25) is 11.8 Å². The van der Waals surface area contributed by atoms with Crippen LogP contribution >= 0.6 is 0 Å². The van der Waals surface area contributed by atoms with E-state index >= 15 is 0 Å². The summed E-state index contributed by atoms with van der Waals surface area (Å²) in [4.78, 5) is 42.5. The minimum atomic E-state index is -1.06. The van der Waals surface area contributed by atoms with Crippen molar-refractivity contribution >= 4 is 17.9 Å². The molecule has 0 radical (unpaired) electrons. The molecule has 0 bridgehead atoms. The molecule has 8 nitrogen and oxygen atoms in total. The number of carbonyl (C=O) groups excluding carboxylic acids is 3. The van der Waals surface area contributed by atoms with E-state index in [0.717, 1.165) is 0 Å². The molecular weight excluding hydrogens is 494 g/mol. The van der Waals surface area contributed by atoms with Crippen LogP contribution in [0.5, 0.6) is 5.75 Å². The maximum absolute atomic E-state index is 14.4. The number of terminal acetylenes is 1. The molecule has 210 valence electrons. The number of amides is 3. The number of hydrogen-bond acceptors (Lipinski definition) is 5. The molecular formula is C31H41N3O5. The molecule has 39 heavy (non-hydrogen) atoms. The highest BCUT2D eigenvalue weighted by Gasteiger charge is 2.39. The number of benzene rings is 2. The smallest absolute Gasteiger partial charge is 0.408 e. The predicted molar refractivity (Wildman–Crippen MR) is 152 cm³/mol. The molecule has 0 fully saturated rings. The molecule has 3 N–H and O–H groups in total. The van der Waals surface area contributed by atoms with Crippen LogP contribution in [0.1, 0.15) is 77.6 Å². The molecule has 3 unspecified atom stereocenters. The lowest BCUT2D eigenvalue weighted by molar-refractivity contribution is -0.145. The lowest BCUT2D eigenvalue weighted by Crippen LogP contribution is -2.56. The van der Waals surface area contributed by atoms with Crippen molar-refractivity contribution < 1.29 is 24.2 Å². The van der Waals surface area contributed by atoms with Gasteiger partial charge in [-0.2, -0.15) is 0 Å². The molecule has 0 aliphatic heterocycles. The van der Waals surface area contributed by atoms with E-state index < -0.39 is 29.7 Å². The Bertz CT molecular complexity index is 1180. The van der Waals surface area contributed by atoms with Crippen LogP contribution in [0.25, 0.3) is 0 Å². The summed E-state index contributed by atoms with van der Waals surface area (Å²) in [6.07, 6.45) is 5.70. The van der Waals surface area contributed by atoms with Crippen molar-refractivity contribution in [3.8, 4) is 18.1 Å². The Morgan fingerprint density at radius 1 is 1.03 bits per heavy atom. The van der Waals surface area contributed by atoms with Gasteiger partial charge in [0.05, 0.1) is 0 Å². The number of phenolic OH excluding ortho intramolecular Hbond substituents is 1. The van der Waals surface area contributed by atoms with Crippen LogP contribution in [0.15, 0.2) is 48.5 Å². The summed E-state index contributed by atoms with van der Waals surface area (Å²) in [5, 5.41) is 15.4. The van der Waals surface area contributed by atoms with Crippen molar-refractivity contribution in [2.75, 3.05) is 0 Å². The van der Waals surface area contributed by atoms with E-state index in [0.29, 0.717) is 23.1 Å². The van der Waals surface area contributed by atoms with Crippen LogP contribution in [-0.4, -0.2) is 51.6 Å². The number of rotatable bonds is 10. The number of aromatic hydroxyl groups is 1. The molecule has 0 aromatic heterocycles. The maximum Gasteiger partial charge on any atom is 0.408 e. The monoisotopic (exact) mass is 535 g/mol. The van der Waals surface area contributed by atoms with Crippen molar-refractivity contribution in [2.24, 2.45) is 0 Å². The first-order chi connectivity index (χ1) is 18.3. The molecule has 0 spiro atoms. The van der Waals surface area contributed by atoms with E-state index in [-0.39, 0.29) is 30.2 Å². The van der Waals surface area contributed by atoms with Gasteiger partial charge in [-0.25, -0.2) is 4.79 Å². The zero-order valence-corrected chi connectivity index (χ0v) is 23.9. The van der Waals surface area contributed by atoms with Gasteiger partial charge in [-0.15, -0.1) is 6.42 Å². The number of ether oxygens (including phenoxy) is 1. The summed E-state index contributed by atoms with van der Waals surface area (Å²) in [6, 6.07) is 10.8. The summed E-state index contributed by atoms with van der Waals surface area (Å²) in [5.74, 6) is 1.89. The van der Waals surface area contributed by atoms with Crippen LogP contribution in [0.4, 0.5) is 4.79 Å². The fourth-order valence-electron chi connectivity index (χ4n) is 4.14. The summed E-state index contributed by atoms with van der Waals surface area (Å²) in [5.41, 5.74) is 0.946. The molecule has 0 aliphatic carbocycles. The fraction of sp³-hybridized carbons (Fsp3) is 0.452. The summed E-state index contributed by atoms with van der Waals surface area (Å²) >= 11 is 0. The van der Waals surface area contributed by atoms with Gasteiger partial charge < -0.3 is 25.4 Å². The molecule has 0 saturated carbocycles. The number of hydrogen-bond donors (Lipinski definition) is 3. The molecule has 2 aromatic carbocycles. The van der Waals surface area contributed by atoms with Gasteiger partial charge in [-0.3, -0.25) is 9.59 Å². The van der Waals surface area contributed by atoms with Crippen LogP contribution in [-0.2, 0) is 20.7 Å². The largest absolute Gasteiger partial charge is 0.508 e. The number of nitrogens with zero attached hydrogens (tertiary/aromatic N) is 1. The van der Waals surface area contributed by atoms with Gasteiger partial charge in [0, 0.05) is 24.1 Å². The number of phenols is 1. The van der Waals surface area contributed by atoms with Crippen molar-refractivity contribution in [3.63, 3.8) is 0 Å². The molecule has 8 heteroatoms. The SMILES string of the molecule is C#Cc1ccccc1C(C(=O)NC(C)C)N(C(=O)C(Cc1ccc(O)cc1)NC(=O)OC(C)(C)C)C(C)CC. The number of alkyl carbamates (subject to hydrolysis) is 1. The summed E-state index contributed by atoms with van der Waals surface area (Å²) in [6.45, 7) is 12.7. The van der Waals surface area contributed by atoms with Crippen LogP contribution in [0.3, 0.4) is 0 Å². The van der Waals surface area contributed by atoms with Crippen LogP contribution in [0, 0.1) is 12.3 Å². The summed E-state index contributed by atoms with van der Waals surface area (Å²) in [7, 11) is 0. The average molecular weight is 536 g/mol. The first kappa shape index (κ1) is 31.2. The highest BCUT2D eigenvalue weighted by atomic mass is 16.6. The quantitative estimate of drug-likeness (QED) is 0.382. The third-order valence-electron chi connectivity index (χ3n) is 6.05. The highest BCUT2D eigenvalue weighted by Crippen LogP contribution is 2.29. The Morgan fingerprint density at radius 3 is 2.18 bits per heavy atom. The van der Waals surface area contributed by atoms with Gasteiger partial charge in [0.1, 0.15) is 23.4 Å². The first-order valence-corrected chi connectivity index (χ1v) is 13.2. The second kappa shape index (κ2) is 13.7. The second-order valence-electron chi connectivity index (χ2n) is 10.9. The number of carbonyl (C=O) groups is 3. The van der Waals surface area contributed by atoms with E-state index in [2.05, 4.69) is 16.6 Å². The molecule has 3 atom stereocenters. The van der Waals surface area contributed by atoms with E-state index in [4.69, 9.17) is 11.2 Å². The highest BCUT2D eigenvalue weighted by molar-refractivity contribution is 5.93. The minimum Gasteiger partial charge on any atom is -0.508 e. The third-order valence-corrected chi connectivity index (χ3v) is 6.05. The zero-order chi connectivity index (χ0) is 29.3. The predicted octanol–water partition coefficient (Wildman–Crippen LogP) is 4.70. The van der Waals surface area contributed by atoms with Crippen molar-refractivity contribution in [1.82, 2.24) is 15.5 Å². The number of nitrogens with one attached hydrogen (secondary N) is 2. The van der Waals surface area contributed by atoms with E-state index in [1.54, 1.807) is 57.2 Å². The van der Waals surface area contributed by atoms with Crippen LogP contribution in [0.2, 0.25) is 0 Å². The van der Waals surface area contributed by atoms with E-state index in [1.165, 1.54) is 17.0 Å². The van der Waals surface area contributed by atoms with E-state index in [1.807, 2.05) is 27.7 Å². The molecule has 0 aliphatic rings. The lowest BCUT2D eigenvalue weighted by atomic mass is 9.94. The van der Waals surface area contributed by atoms with Gasteiger partial charge in [-0.05, 0) is 77.3 Å². The normalized spacial score (nSPS) is 13.5. The van der Waals surface area contributed by atoms with Crippen molar-refractivity contribution in [1.29, 1.82) is 0 Å². The van der Waals surface area contributed by atoms with E-state index in [9.17, 15) is 19.5 Å². The first-order valence-electron chi connectivity index (χ1n) is 13.2. The van der Waals surface area contributed by atoms with Gasteiger partial charge in [0.15, 0.2) is 0 Å². The Kier molecular flexibility index (Phi) is 11.0. The molecule has 3 amide bonds. The Morgan fingerprint density at radius 2 is 1.64 bits per heavy atom. The molecule has 2 rings (SSSR count). The topological polar surface area (TPSA) is 108 Å². The average Bonchev–Trinajstić information content (AvgIpc) is 2.85. The Hall–Kier alpha value is -3.99. The Labute approximate surface area is 232 Å². The zero-order valence-electron chi connectivity index (χ0n) is 23.9.